The number of hydrogen-bond acceptors (Lipinski definition) is 3. The summed E-state index contributed by atoms with van der Waals surface area (Å²) in [6.07, 6.45) is 1.56. The first kappa shape index (κ1) is 15.3. The molecule has 0 bridgehead atoms. The number of hydrogen-bond donors (Lipinski definition) is 0. The molecule has 1 aliphatic rings. The van der Waals surface area contributed by atoms with Crippen LogP contribution in [-0.4, -0.2) is 26.1 Å². The Labute approximate surface area is 124 Å². The van der Waals surface area contributed by atoms with Crippen LogP contribution in [0.3, 0.4) is 0 Å². The van der Waals surface area contributed by atoms with Crippen LogP contribution >= 0.6 is 10.7 Å². The number of nitrogens with zero attached hydrogens (tertiary/aromatic N) is 1. The highest BCUT2D eigenvalue weighted by atomic mass is 35.7. The van der Waals surface area contributed by atoms with Gasteiger partial charge in [-0.05, 0) is 24.0 Å². The van der Waals surface area contributed by atoms with E-state index < -0.39 is 14.3 Å². The molecule has 0 aliphatic carbocycles. The number of rotatable bonds is 4. The van der Waals surface area contributed by atoms with Crippen molar-refractivity contribution in [2.75, 3.05) is 11.4 Å². The van der Waals surface area contributed by atoms with Crippen molar-refractivity contribution >= 4 is 31.3 Å². The number of halogens is 1. The van der Waals surface area contributed by atoms with Gasteiger partial charge < -0.3 is 4.90 Å². The zero-order valence-corrected chi connectivity index (χ0v) is 13.2. The monoisotopic (exact) mass is 315 g/mol. The highest BCUT2D eigenvalue weighted by molar-refractivity contribution is 8.14. The molecule has 1 unspecified atom stereocenters. The van der Waals surface area contributed by atoms with Gasteiger partial charge >= 0.3 is 0 Å². The molecule has 0 aromatic heterocycles. The van der Waals surface area contributed by atoms with Crippen LogP contribution in [0, 0.1) is 0 Å². The van der Waals surface area contributed by atoms with E-state index >= 15 is 0 Å². The molecule has 1 amide bonds. The maximum atomic E-state index is 12.2. The smallest absolute Gasteiger partial charge is 0.237 e. The summed E-state index contributed by atoms with van der Waals surface area (Å²) in [5.74, 6) is -0.171. The van der Waals surface area contributed by atoms with Crippen molar-refractivity contribution in [3.8, 4) is 0 Å². The van der Waals surface area contributed by atoms with E-state index in [1.54, 1.807) is 4.90 Å². The highest BCUT2D eigenvalue weighted by Crippen LogP contribution is 2.32. The number of aryl methyl sites for hydroxylation is 2. The highest BCUT2D eigenvalue weighted by Gasteiger charge is 2.39. The first-order valence-corrected chi connectivity index (χ1v) is 9.10. The van der Waals surface area contributed by atoms with E-state index in [4.69, 9.17) is 10.7 Å². The molecule has 1 fully saturated rings. The fourth-order valence-corrected chi connectivity index (χ4v) is 3.67. The van der Waals surface area contributed by atoms with Gasteiger partial charge in [-0.1, -0.05) is 32.0 Å². The summed E-state index contributed by atoms with van der Waals surface area (Å²) in [5, 5.41) is -0.814. The molecule has 1 aromatic rings. The van der Waals surface area contributed by atoms with Gasteiger partial charge in [-0.3, -0.25) is 4.79 Å². The molecule has 1 heterocycles. The van der Waals surface area contributed by atoms with Crippen LogP contribution in [0.15, 0.2) is 18.2 Å². The van der Waals surface area contributed by atoms with Gasteiger partial charge in [0, 0.05) is 23.6 Å². The van der Waals surface area contributed by atoms with E-state index in [1.807, 2.05) is 32.0 Å². The van der Waals surface area contributed by atoms with Crippen molar-refractivity contribution in [1.82, 2.24) is 0 Å². The van der Waals surface area contributed by atoms with Crippen molar-refractivity contribution in [2.45, 2.75) is 38.4 Å². The zero-order valence-electron chi connectivity index (χ0n) is 11.6. The van der Waals surface area contributed by atoms with Crippen molar-refractivity contribution in [3.63, 3.8) is 0 Å². The van der Waals surface area contributed by atoms with Crippen LogP contribution in [0.1, 0.15) is 31.4 Å². The summed E-state index contributed by atoms with van der Waals surface area (Å²) in [4.78, 5) is 13.8. The van der Waals surface area contributed by atoms with Crippen LogP contribution in [0.2, 0.25) is 0 Å². The van der Waals surface area contributed by atoms with E-state index in [9.17, 15) is 13.2 Å². The minimum absolute atomic E-state index is 0.0347. The topological polar surface area (TPSA) is 54.5 Å². The van der Waals surface area contributed by atoms with Crippen LogP contribution in [0.25, 0.3) is 0 Å². The summed E-state index contributed by atoms with van der Waals surface area (Å²) in [5.41, 5.74) is 2.99. The van der Waals surface area contributed by atoms with Gasteiger partial charge in [0.25, 0.3) is 0 Å². The fourth-order valence-electron chi connectivity index (χ4n) is 2.64. The Balaban J connectivity index is 2.45. The summed E-state index contributed by atoms with van der Waals surface area (Å²) in [6.45, 7) is 4.19. The van der Waals surface area contributed by atoms with Gasteiger partial charge in [0.15, 0.2) is 0 Å². The molecule has 1 atom stereocenters. The molecule has 2 rings (SSSR count). The van der Waals surface area contributed by atoms with E-state index in [1.165, 1.54) is 0 Å². The van der Waals surface area contributed by atoms with E-state index in [0.717, 1.165) is 29.7 Å². The fraction of sp³-hybridized carbons (Fsp3) is 0.500. The SMILES string of the molecule is CCc1cccc(CC)c1N1CC(S(=O)(=O)Cl)CC1=O. The molecule has 0 saturated carbocycles. The van der Waals surface area contributed by atoms with Crippen LogP contribution in [-0.2, 0) is 26.7 Å². The number of benzene rings is 1. The number of carbonyl (C=O) groups excluding carboxylic acids is 1. The van der Waals surface area contributed by atoms with Crippen LogP contribution in [0.4, 0.5) is 5.69 Å². The molecular weight excluding hydrogens is 298 g/mol. The quantitative estimate of drug-likeness (QED) is 0.802. The second-order valence-electron chi connectivity index (χ2n) is 4.94. The Bertz CT molecular complexity index is 605. The maximum absolute atomic E-state index is 12.2. The Morgan fingerprint density at radius 2 is 1.80 bits per heavy atom. The molecule has 0 N–H and O–H groups in total. The van der Waals surface area contributed by atoms with Gasteiger partial charge in [0.05, 0.1) is 5.69 Å². The lowest BCUT2D eigenvalue weighted by molar-refractivity contribution is -0.117. The third kappa shape index (κ3) is 2.83. The third-order valence-corrected chi connectivity index (χ3v) is 5.59. The third-order valence-electron chi connectivity index (χ3n) is 3.72. The number of para-hydroxylation sites is 1. The lowest BCUT2D eigenvalue weighted by Gasteiger charge is -2.23. The Morgan fingerprint density at radius 1 is 1.25 bits per heavy atom. The molecule has 6 heteroatoms. The summed E-state index contributed by atoms with van der Waals surface area (Å²) >= 11 is 0. The minimum atomic E-state index is -3.71. The van der Waals surface area contributed by atoms with Gasteiger partial charge in [0.1, 0.15) is 5.25 Å². The number of carbonyl (C=O) groups is 1. The minimum Gasteiger partial charge on any atom is -0.310 e. The molecule has 110 valence electrons. The molecule has 1 aromatic carbocycles. The van der Waals surface area contributed by atoms with E-state index in [2.05, 4.69) is 0 Å². The summed E-state index contributed by atoms with van der Waals surface area (Å²) in [6, 6.07) is 5.92. The molecule has 1 aliphatic heterocycles. The van der Waals surface area contributed by atoms with Crippen LogP contribution < -0.4 is 4.90 Å². The lowest BCUT2D eigenvalue weighted by Crippen LogP contribution is -2.28. The second kappa shape index (κ2) is 5.74. The molecule has 1 saturated heterocycles. The lowest BCUT2D eigenvalue weighted by atomic mass is 10.0. The average Bonchev–Trinajstić information content (AvgIpc) is 2.79. The van der Waals surface area contributed by atoms with E-state index in [-0.39, 0.29) is 18.9 Å². The Kier molecular flexibility index (Phi) is 4.39. The maximum Gasteiger partial charge on any atom is 0.237 e. The Morgan fingerprint density at radius 3 is 2.20 bits per heavy atom. The van der Waals surface area contributed by atoms with Crippen molar-refractivity contribution in [2.24, 2.45) is 0 Å². The molecule has 0 radical (unpaired) electrons. The molecule has 20 heavy (non-hydrogen) atoms. The van der Waals surface area contributed by atoms with Crippen molar-refractivity contribution < 1.29 is 13.2 Å². The largest absolute Gasteiger partial charge is 0.310 e. The Hall–Kier alpha value is -1.07. The second-order valence-corrected chi connectivity index (χ2v) is 7.85. The van der Waals surface area contributed by atoms with Gasteiger partial charge in [-0.15, -0.1) is 0 Å². The first-order valence-electron chi connectivity index (χ1n) is 6.73. The van der Waals surface area contributed by atoms with Gasteiger partial charge in [-0.2, -0.15) is 0 Å². The molecule has 0 spiro atoms. The number of anilines is 1. The molecular formula is C14H18ClNO3S. The summed E-state index contributed by atoms with van der Waals surface area (Å²) < 4.78 is 22.9. The van der Waals surface area contributed by atoms with Gasteiger partial charge in [0.2, 0.25) is 15.0 Å². The van der Waals surface area contributed by atoms with Gasteiger partial charge in [-0.25, -0.2) is 8.42 Å². The van der Waals surface area contributed by atoms with Crippen molar-refractivity contribution in [1.29, 1.82) is 0 Å². The van der Waals surface area contributed by atoms with E-state index in [0.29, 0.717) is 0 Å². The predicted molar refractivity (Wildman–Crippen MR) is 80.7 cm³/mol. The standard InChI is InChI=1S/C14H18ClNO3S/c1-3-10-6-5-7-11(4-2)14(10)16-9-12(8-13(16)17)20(15,18)19/h5-7,12H,3-4,8-9H2,1-2H3. The average molecular weight is 316 g/mol. The first-order chi connectivity index (χ1) is 9.38. The number of amides is 1. The molecule has 4 nitrogen and oxygen atoms in total. The van der Waals surface area contributed by atoms with Crippen LogP contribution in [0.5, 0.6) is 0 Å². The van der Waals surface area contributed by atoms with Crippen molar-refractivity contribution in [3.05, 3.63) is 29.3 Å². The zero-order chi connectivity index (χ0) is 14.9. The normalized spacial score (nSPS) is 19.6. The summed E-state index contributed by atoms with van der Waals surface area (Å²) in [7, 11) is 1.69. The predicted octanol–water partition coefficient (Wildman–Crippen LogP) is 2.49.